The summed E-state index contributed by atoms with van der Waals surface area (Å²) in [6.45, 7) is 0. The van der Waals surface area contributed by atoms with Gasteiger partial charge >= 0.3 is 0 Å². The van der Waals surface area contributed by atoms with Crippen LogP contribution >= 0.6 is 22.7 Å². The summed E-state index contributed by atoms with van der Waals surface area (Å²) in [5.41, 5.74) is 9.39. The van der Waals surface area contributed by atoms with Crippen LogP contribution < -0.4 is 4.90 Å². The summed E-state index contributed by atoms with van der Waals surface area (Å²) in [6, 6.07) is 61.7. The minimum Gasteiger partial charge on any atom is -0.310 e. The molecule has 0 unspecified atom stereocenters. The molecule has 0 bridgehead atoms. The molecule has 0 atom stereocenters. The van der Waals surface area contributed by atoms with Crippen molar-refractivity contribution < 1.29 is 0 Å². The van der Waals surface area contributed by atoms with E-state index >= 15 is 0 Å². The van der Waals surface area contributed by atoms with E-state index in [0.29, 0.717) is 0 Å². The van der Waals surface area contributed by atoms with Gasteiger partial charge in [0.2, 0.25) is 0 Å². The maximum Gasteiger partial charge on any atom is 0.0542 e. The Morgan fingerprint density at radius 1 is 0.417 bits per heavy atom. The SMILES string of the molecule is c1ccc(-c2ccccc2N(c2ccc3c(c2)sc2c4ccccc4sc32)c2ccc3c(c2)c2ccccc2n3-c2ccccc2)cc1. The molecule has 2 nitrogen and oxygen atoms in total. The van der Waals surface area contributed by atoms with Crippen LogP contribution in [0.15, 0.2) is 170 Å². The van der Waals surface area contributed by atoms with E-state index in [1.807, 2.05) is 22.7 Å². The number of benzene rings is 7. The van der Waals surface area contributed by atoms with Gasteiger partial charge in [-0.05, 0) is 66.2 Å². The average Bonchev–Trinajstić information content (AvgIpc) is 3.80. The van der Waals surface area contributed by atoms with Crippen LogP contribution in [-0.4, -0.2) is 4.57 Å². The van der Waals surface area contributed by atoms with Gasteiger partial charge in [0.05, 0.1) is 26.1 Å². The maximum absolute atomic E-state index is 2.45. The van der Waals surface area contributed by atoms with Crippen LogP contribution in [0.25, 0.3) is 68.2 Å². The number of fused-ring (bicyclic) bond motifs is 8. The van der Waals surface area contributed by atoms with E-state index in [4.69, 9.17) is 0 Å². The van der Waals surface area contributed by atoms with E-state index in [2.05, 4.69) is 179 Å². The molecule has 10 rings (SSSR count). The lowest BCUT2D eigenvalue weighted by molar-refractivity contribution is 1.18. The third kappa shape index (κ3) is 4.24. The van der Waals surface area contributed by atoms with Gasteiger partial charge in [0.25, 0.3) is 0 Å². The predicted octanol–water partition coefficient (Wildman–Crippen LogP) is 13.5. The Bertz CT molecular complexity index is 2790. The van der Waals surface area contributed by atoms with Crippen LogP contribution in [-0.2, 0) is 0 Å². The first-order valence-corrected chi connectivity index (χ1v) is 17.8. The van der Waals surface area contributed by atoms with Crippen molar-refractivity contribution in [2.75, 3.05) is 4.90 Å². The number of rotatable bonds is 5. The number of thiophene rings is 2. The fourth-order valence-corrected chi connectivity index (χ4v) is 9.93. The molecule has 0 spiro atoms. The molecule has 0 radical (unpaired) electrons. The second-order valence-corrected chi connectivity index (χ2v) is 14.3. The highest BCUT2D eigenvalue weighted by Gasteiger charge is 2.21. The predicted molar refractivity (Wildman–Crippen MR) is 209 cm³/mol. The number of nitrogens with zero attached hydrogens (tertiary/aromatic N) is 2. The van der Waals surface area contributed by atoms with Gasteiger partial charge in [0.1, 0.15) is 0 Å². The van der Waals surface area contributed by atoms with Gasteiger partial charge in [-0.2, -0.15) is 0 Å². The fraction of sp³-hybridized carbons (Fsp3) is 0. The number of para-hydroxylation sites is 3. The molecule has 0 aliphatic carbocycles. The molecule has 10 aromatic rings. The second kappa shape index (κ2) is 11.0. The molecule has 48 heavy (non-hydrogen) atoms. The van der Waals surface area contributed by atoms with Crippen LogP contribution in [0.2, 0.25) is 0 Å². The largest absolute Gasteiger partial charge is 0.310 e. The molecule has 7 aromatic carbocycles. The van der Waals surface area contributed by atoms with Crippen molar-refractivity contribution in [3.05, 3.63) is 170 Å². The Morgan fingerprint density at radius 2 is 1.02 bits per heavy atom. The Hall–Kier alpha value is -5.68. The van der Waals surface area contributed by atoms with Crippen molar-refractivity contribution in [3.8, 4) is 16.8 Å². The molecule has 0 aliphatic heterocycles. The van der Waals surface area contributed by atoms with Gasteiger partial charge in [0, 0.05) is 53.6 Å². The van der Waals surface area contributed by atoms with Gasteiger partial charge in [-0.3, -0.25) is 0 Å². The van der Waals surface area contributed by atoms with Crippen LogP contribution in [0.1, 0.15) is 0 Å². The topological polar surface area (TPSA) is 8.17 Å². The molecule has 0 amide bonds. The summed E-state index contributed by atoms with van der Waals surface area (Å²) in [7, 11) is 0. The first-order chi connectivity index (χ1) is 23.8. The smallest absolute Gasteiger partial charge is 0.0542 e. The van der Waals surface area contributed by atoms with Crippen LogP contribution in [0.4, 0.5) is 17.1 Å². The Balaban J connectivity index is 1.23. The summed E-state index contributed by atoms with van der Waals surface area (Å²) < 4.78 is 7.81. The zero-order chi connectivity index (χ0) is 31.6. The maximum atomic E-state index is 2.45. The van der Waals surface area contributed by atoms with Crippen molar-refractivity contribution in [2.24, 2.45) is 0 Å². The lowest BCUT2D eigenvalue weighted by atomic mass is 10.0. The quantitative estimate of drug-likeness (QED) is 0.180. The van der Waals surface area contributed by atoms with E-state index in [1.54, 1.807) is 0 Å². The van der Waals surface area contributed by atoms with Gasteiger partial charge in [0.15, 0.2) is 0 Å². The monoisotopic (exact) mass is 648 g/mol. The highest BCUT2D eigenvalue weighted by molar-refractivity contribution is 7.36. The first-order valence-electron chi connectivity index (χ1n) is 16.2. The summed E-state index contributed by atoms with van der Waals surface area (Å²) in [4.78, 5) is 2.45. The highest BCUT2D eigenvalue weighted by Crippen LogP contribution is 2.48. The summed E-state index contributed by atoms with van der Waals surface area (Å²) >= 11 is 3.81. The number of aromatic nitrogens is 1. The fourth-order valence-electron chi connectivity index (χ4n) is 7.25. The lowest BCUT2D eigenvalue weighted by Crippen LogP contribution is -2.11. The molecule has 0 saturated carbocycles. The third-order valence-electron chi connectivity index (χ3n) is 9.39. The molecule has 4 heteroatoms. The average molecular weight is 649 g/mol. The van der Waals surface area contributed by atoms with Crippen LogP contribution in [0.3, 0.4) is 0 Å². The molecule has 0 saturated heterocycles. The number of hydrogen-bond donors (Lipinski definition) is 0. The minimum absolute atomic E-state index is 1.13. The Morgan fingerprint density at radius 3 is 1.88 bits per heavy atom. The Kier molecular flexibility index (Phi) is 6.26. The summed E-state index contributed by atoms with van der Waals surface area (Å²) in [6.07, 6.45) is 0. The van der Waals surface area contributed by atoms with Gasteiger partial charge in [-0.15, -0.1) is 22.7 Å². The van der Waals surface area contributed by atoms with Crippen molar-refractivity contribution in [1.82, 2.24) is 4.57 Å². The summed E-state index contributed by atoms with van der Waals surface area (Å²) in [5.74, 6) is 0. The molecular weight excluding hydrogens is 621 g/mol. The first kappa shape index (κ1) is 27.4. The van der Waals surface area contributed by atoms with Gasteiger partial charge < -0.3 is 9.47 Å². The van der Waals surface area contributed by atoms with E-state index in [0.717, 1.165) is 17.1 Å². The van der Waals surface area contributed by atoms with Crippen molar-refractivity contribution in [3.63, 3.8) is 0 Å². The van der Waals surface area contributed by atoms with Crippen molar-refractivity contribution in [2.45, 2.75) is 0 Å². The van der Waals surface area contributed by atoms with Crippen molar-refractivity contribution >= 4 is 91.1 Å². The van der Waals surface area contributed by atoms with Gasteiger partial charge in [-0.25, -0.2) is 0 Å². The summed E-state index contributed by atoms with van der Waals surface area (Å²) in [5, 5.41) is 5.16. The number of anilines is 3. The zero-order valence-electron chi connectivity index (χ0n) is 25.9. The normalized spacial score (nSPS) is 11.8. The number of hydrogen-bond acceptors (Lipinski definition) is 3. The van der Waals surface area contributed by atoms with Crippen molar-refractivity contribution in [1.29, 1.82) is 0 Å². The lowest BCUT2D eigenvalue weighted by Gasteiger charge is -2.28. The second-order valence-electron chi connectivity index (χ2n) is 12.1. The third-order valence-corrected chi connectivity index (χ3v) is 11.9. The molecule has 0 fully saturated rings. The highest BCUT2D eigenvalue weighted by atomic mass is 32.1. The molecule has 226 valence electrons. The molecule has 3 heterocycles. The molecular formula is C44H28N2S2. The van der Waals surface area contributed by atoms with Crippen LogP contribution in [0, 0.1) is 0 Å². The van der Waals surface area contributed by atoms with Gasteiger partial charge in [-0.1, -0.05) is 109 Å². The Labute approximate surface area is 286 Å². The van der Waals surface area contributed by atoms with E-state index in [1.165, 1.54) is 68.2 Å². The molecule has 0 N–H and O–H groups in total. The van der Waals surface area contributed by atoms with E-state index in [9.17, 15) is 0 Å². The molecule has 0 aliphatic rings. The standard InChI is InChI=1S/C44H28N2S2/c1-3-13-29(14-4-1)33-17-7-10-20-38(33)45(32-23-25-36-42(28-32)48-43-35-19-9-12-22-41(35)47-44(36)43)31-24-26-40-37(27-31)34-18-8-11-21-39(34)46(40)30-15-5-2-6-16-30/h1-28H. The zero-order valence-corrected chi connectivity index (χ0v) is 27.5. The molecule has 3 aromatic heterocycles. The van der Waals surface area contributed by atoms with E-state index < -0.39 is 0 Å². The van der Waals surface area contributed by atoms with Crippen LogP contribution in [0.5, 0.6) is 0 Å². The van der Waals surface area contributed by atoms with E-state index in [-0.39, 0.29) is 0 Å². The minimum atomic E-state index is 1.13.